The van der Waals surface area contributed by atoms with E-state index >= 15 is 0 Å². The fraction of sp³-hybridized carbons (Fsp3) is 0.444. The van der Waals surface area contributed by atoms with Crippen LogP contribution in [0.15, 0.2) is 18.3 Å². The third kappa shape index (κ3) is 2.54. The molecule has 1 heterocycles. The molecule has 3 rings (SSSR count). The second kappa shape index (κ2) is 5.18. The number of aromatic nitrogens is 2. The first kappa shape index (κ1) is 15.7. The van der Waals surface area contributed by atoms with Crippen LogP contribution in [0.4, 0.5) is 10.1 Å². The minimum absolute atomic E-state index is 0.190. The summed E-state index contributed by atoms with van der Waals surface area (Å²) < 4.78 is 16.0. The van der Waals surface area contributed by atoms with Crippen molar-refractivity contribution in [3.8, 4) is 0 Å². The molecule has 1 unspecified atom stereocenters. The second-order valence-corrected chi connectivity index (χ2v) is 7.13. The zero-order valence-corrected chi connectivity index (χ0v) is 14.2. The maximum Gasteiger partial charge on any atom is 0.259 e. The van der Waals surface area contributed by atoms with Crippen molar-refractivity contribution >= 4 is 11.6 Å². The molecule has 4 nitrogen and oxygen atoms in total. The Bertz CT molecular complexity index is 792. The van der Waals surface area contributed by atoms with Gasteiger partial charge in [0.1, 0.15) is 5.82 Å². The predicted molar refractivity (Wildman–Crippen MR) is 88.4 cm³/mol. The van der Waals surface area contributed by atoms with Gasteiger partial charge in [0.05, 0.1) is 11.3 Å². The van der Waals surface area contributed by atoms with Crippen LogP contribution in [-0.4, -0.2) is 15.7 Å². The molecule has 2 aromatic rings. The number of hydrogen-bond donors (Lipinski definition) is 1. The van der Waals surface area contributed by atoms with Gasteiger partial charge in [0, 0.05) is 18.9 Å². The zero-order valence-electron chi connectivity index (χ0n) is 14.2. The second-order valence-electron chi connectivity index (χ2n) is 7.13. The van der Waals surface area contributed by atoms with Crippen LogP contribution in [-0.2, 0) is 12.5 Å². The molecule has 1 aliphatic rings. The summed E-state index contributed by atoms with van der Waals surface area (Å²) in [5.41, 5.74) is 3.35. The molecular formula is C18H22FN3O. The molecule has 122 valence electrons. The Labute approximate surface area is 135 Å². The van der Waals surface area contributed by atoms with E-state index in [1.54, 1.807) is 30.9 Å². The number of fused-ring (bicyclic) bond motifs is 1. The summed E-state index contributed by atoms with van der Waals surface area (Å²) in [5, 5.41) is 7.14. The molecule has 0 fully saturated rings. The molecule has 0 aliphatic heterocycles. The zero-order chi connectivity index (χ0) is 16.9. The van der Waals surface area contributed by atoms with Crippen LogP contribution in [0, 0.1) is 12.7 Å². The summed E-state index contributed by atoms with van der Waals surface area (Å²) in [6, 6.07) is 3.11. The maximum atomic E-state index is 14.3. The highest BCUT2D eigenvalue weighted by Crippen LogP contribution is 2.49. The summed E-state index contributed by atoms with van der Waals surface area (Å²) in [6.45, 7) is 7.98. The van der Waals surface area contributed by atoms with Gasteiger partial charge < -0.3 is 5.32 Å². The van der Waals surface area contributed by atoms with E-state index in [2.05, 4.69) is 31.2 Å². The van der Waals surface area contributed by atoms with Crippen molar-refractivity contribution in [2.24, 2.45) is 7.05 Å². The molecule has 1 amide bonds. The van der Waals surface area contributed by atoms with Gasteiger partial charge in [0.15, 0.2) is 0 Å². The fourth-order valence-corrected chi connectivity index (χ4v) is 3.88. The van der Waals surface area contributed by atoms with Crippen molar-refractivity contribution in [3.05, 3.63) is 46.5 Å². The SMILES string of the molecule is Cc1nn(C)cc1C(=O)Nc1ccc(F)c2c1C(C)CC2(C)C. The molecule has 1 aliphatic carbocycles. The standard InChI is InChI=1S/C18H22FN3O/c1-10-8-18(3,4)16-13(19)6-7-14(15(10)16)20-17(23)12-9-22(5)21-11(12)2/h6-7,9-10H,8H2,1-5H3,(H,20,23). The number of carbonyl (C=O) groups is 1. The number of anilines is 1. The van der Waals surface area contributed by atoms with Crippen LogP contribution in [0.3, 0.4) is 0 Å². The van der Waals surface area contributed by atoms with Crippen molar-refractivity contribution in [2.45, 2.75) is 45.4 Å². The van der Waals surface area contributed by atoms with Gasteiger partial charge in [-0.15, -0.1) is 0 Å². The Morgan fingerprint density at radius 3 is 2.74 bits per heavy atom. The summed E-state index contributed by atoms with van der Waals surface area (Å²) >= 11 is 0. The maximum absolute atomic E-state index is 14.3. The van der Waals surface area contributed by atoms with Gasteiger partial charge >= 0.3 is 0 Å². The number of halogens is 1. The van der Waals surface area contributed by atoms with Crippen LogP contribution in [0.25, 0.3) is 0 Å². The molecule has 1 N–H and O–H groups in total. The first-order valence-corrected chi connectivity index (χ1v) is 7.85. The van der Waals surface area contributed by atoms with Crippen LogP contribution in [0.1, 0.15) is 60.3 Å². The van der Waals surface area contributed by atoms with Crippen molar-refractivity contribution in [2.75, 3.05) is 5.32 Å². The highest BCUT2D eigenvalue weighted by molar-refractivity contribution is 6.05. The number of hydrogen-bond acceptors (Lipinski definition) is 2. The monoisotopic (exact) mass is 315 g/mol. The molecule has 0 radical (unpaired) electrons. The number of benzene rings is 1. The number of rotatable bonds is 2. The quantitative estimate of drug-likeness (QED) is 0.913. The van der Waals surface area contributed by atoms with E-state index in [-0.39, 0.29) is 23.1 Å². The third-order valence-electron chi connectivity index (χ3n) is 4.69. The van der Waals surface area contributed by atoms with Crippen LogP contribution < -0.4 is 5.32 Å². The third-order valence-corrected chi connectivity index (χ3v) is 4.69. The predicted octanol–water partition coefficient (Wildman–Crippen LogP) is 3.90. The fourth-order valence-electron chi connectivity index (χ4n) is 3.88. The topological polar surface area (TPSA) is 46.9 Å². The van der Waals surface area contributed by atoms with E-state index in [0.717, 1.165) is 17.5 Å². The van der Waals surface area contributed by atoms with Gasteiger partial charge in [0.25, 0.3) is 5.91 Å². The first-order valence-electron chi connectivity index (χ1n) is 7.85. The van der Waals surface area contributed by atoms with Gasteiger partial charge in [-0.25, -0.2) is 4.39 Å². The largest absolute Gasteiger partial charge is 0.322 e. The lowest BCUT2D eigenvalue weighted by atomic mass is 9.85. The molecule has 0 saturated heterocycles. The highest BCUT2D eigenvalue weighted by Gasteiger charge is 2.39. The summed E-state index contributed by atoms with van der Waals surface area (Å²) in [6.07, 6.45) is 2.57. The van der Waals surface area contributed by atoms with E-state index in [1.165, 1.54) is 6.07 Å². The normalized spacial score (nSPS) is 18.8. The average Bonchev–Trinajstić information content (AvgIpc) is 2.89. The van der Waals surface area contributed by atoms with Crippen molar-refractivity contribution in [3.63, 3.8) is 0 Å². The molecular weight excluding hydrogens is 293 g/mol. The Balaban J connectivity index is 2.01. The van der Waals surface area contributed by atoms with E-state index < -0.39 is 0 Å². The summed E-state index contributed by atoms with van der Waals surface area (Å²) in [7, 11) is 1.78. The number of nitrogens with one attached hydrogen (secondary N) is 1. The molecule has 0 saturated carbocycles. The molecule has 1 atom stereocenters. The van der Waals surface area contributed by atoms with Crippen molar-refractivity contribution < 1.29 is 9.18 Å². The number of amides is 1. The molecule has 1 aromatic heterocycles. The van der Waals surface area contributed by atoms with Gasteiger partial charge in [0.2, 0.25) is 0 Å². The summed E-state index contributed by atoms with van der Waals surface area (Å²) in [5.74, 6) is -0.188. The van der Waals surface area contributed by atoms with Gasteiger partial charge in [-0.1, -0.05) is 20.8 Å². The molecule has 0 spiro atoms. The van der Waals surface area contributed by atoms with Crippen LogP contribution in [0.5, 0.6) is 0 Å². The molecule has 1 aromatic carbocycles. The Hall–Kier alpha value is -2.17. The van der Waals surface area contributed by atoms with Crippen LogP contribution in [0.2, 0.25) is 0 Å². The number of nitrogens with zero attached hydrogens (tertiary/aromatic N) is 2. The minimum Gasteiger partial charge on any atom is -0.322 e. The lowest BCUT2D eigenvalue weighted by molar-refractivity contribution is 0.102. The smallest absolute Gasteiger partial charge is 0.259 e. The highest BCUT2D eigenvalue weighted by atomic mass is 19.1. The molecule has 5 heteroatoms. The van der Waals surface area contributed by atoms with E-state index in [9.17, 15) is 9.18 Å². The van der Waals surface area contributed by atoms with Crippen molar-refractivity contribution in [1.29, 1.82) is 0 Å². The lowest BCUT2D eigenvalue weighted by Gasteiger charge is -2.20. The Morgan fingerprint density at radius 2 is 2.13 bits per heavy atom. The molecule has 23 heavy (non-hydrogen) atoms. The average molecular weight is 315 g/mol. The van der Waals surface area contributed by atoms with Gasteiger partial charge in [-0.3, -0.25) is 9.48 Å². The van der Waals surface area contributed by atoms with E-state index in [1.807, 2.05) is 0 Å². The minimum atomic E-state index is -0.218. The van der Waals surface area contributed by atoms with Gasteiger partial charge in [-0.2, -0.15) is 5.10 Å². The number of carbonyl (C=O) groups excluding carboxylic acids is 1. The van der Waals surface area contributed by atoms with Crippen LogP contribution >= 0.6 is 0 Å². The van der Waals surface area contributed by atoms with E-state index in [0.29, 0.717) is 16.9 Å². The van der Waals surface area contributed by atoms with Crippen molar-refractivity contribution in [1.82, 2.24) is 9.78 Å². The summed E-state index contributed by atoms with van der Waals surface area (Å²) in [4.78, 5) is 12.5. The first-order chi connectivity index (χ1) is 10.7. The Kier molecular flexibility index (Phi) is 3.54. The van der Waals surface area contributed by atoms with E-state index in [4.69, 9.17) is 0 Å². The lowest BCUT2D eigenvalue weighted by Crippen LogP contribution is -2.16. The van der Waals surface area contributed by atoms with Gasteiger partial charge in [-0.05, 0) is 47.9 Å². The Morgan fingerprint density at radius 1 is 1.43 bits per heavy atom. The number of aryl methyl sites for hydroxylation is 2. The molecule has 0 bridgehead atoms.